The number of carbonyl (C=O) groups is 2. The average molecular weight is 316 g/mol. The van der Waals surface area contributed by atoms with Gasteiger partial charge in [0.2, 0.25) is 0 Å². The maximum Gasteiger partial charge on any atom is 0.328 e. The normalized spacial score (nSPS) is 12.7. The second-order valence-corrected chi connectivity index (χ2v) is 6.26. The number of phenolic OH excluding ortho intramolecular Hbond substituents is 1. The van der Waals surface area contributed by atoms with E-state index in [2.05, 4.69) is 10.3 Å². The lowest BCUT2D eigenvalue weighted by molar-refractivity contribution is -0.156. The first kappa shape index (κ1) is 16.7. The van der Waals surface area contributed by atoms with Gasteiger partial charge >= 0.3 is 5.97 Å². The topological polar surface area (TPSA) is 88.5 Å². The zero-order valence-corrected chi connectivity index (χ0v) is 13.6. The SMILES string of the molecule is C[C@H](NC(=O)c1ccc(O)c2ncccc12)C(=O)OC(C)(C)C. The van der Waals surface area contributed by atoms with Crippen molar-refractivity contribution in [2.24, 2.45) is 0 Å². The number of hydrogen-bond donors (Lipinski definition) is 2. The second-order valence-electron chi connectivity index (χ2n) is 6.26. The maximum atomic E-state index is 12.4. The van der Waals surface area contributed by atoms with Crippen LogP contribution < -0.4 is 5.32 Å². The van der Waals surface area contributed by atoms with Crippen molar-refractivity contribution >= 4 is 22.8 Å². The molecule has 0 radical (unpaired) electrons. The van der Waals surface area contributed by atoms with Crippen LogP contribution in [0.2, 0.25) is 0 Å². The summed E-state index contributed by atoms with van der Waals surface area (Å²) < 4.78 is 5.24. The van der Waals surface area contributed by atoms with Crippen LogP contribution in [0.25, 0.3) is 10.9 Å². The van der Waals surface area contributed by atoms with Crippen LogP contribution in [0.3, 0.4) is 0 Å². The number of benzene rings is 1. The highest BCUT2D eigenvalue weighted by atomic mass is 16.6. The number of phenols is 1. The average Bonchev–Trinajstić information content (AvgIpc) is 2.46. The zero-order valence-electron chi connectivity index (χ0n) is 13.6. The molecule has 1 atom stereocenters. The molecule has 0 unspecified atom stereocenters. The van der Waals surface area contributed by atoms with Gasteiger partial charge in [0.05, 0.1) is 0 Å². The summed E-state index contributed by atoms with van der Waals surface area (Å²) in [5, 5.41) is 12.9. The van der Waals surface area contributed by atoms with Gasteiger partial charge in [0, 0.05) is 17.1 Å². The quantitative estimate of drug-likeness (QED) is 0.849. The summed E-state index contributed by atoms with van der Waals surface area (Å²) in [6, 6.07) is 5.48. The van der Waals surface area contributed by atoms with Crippen molar-refractivity contribution in [3.8, 4) is 5.75 Å². The van der Waals surface area contributed by atoms with Gasteiger partial charge < -0.3 is 15.2 Å². The molecule has 0 aliphatic heterocycles. The molecule has 2 aromatic rings. The Kier molecular flexibility index (Phi) is 4.54. The Morgan fingerprint density at radius 1 is 1.26 bits per heavy atom. The Labute approximate surface area is 134 Å². The van der Waals surface area contributed by atoms with Crippen molar-refractivity contribution in [1.29, 1.82) is 0 Å². The highest BCUT2D eigenvalue weighted by Gasteiger charge is 2.24. The van der Waals surface area contributed by atoms with E-state index in [1.54, 1.807) is 39.8 Å². The number of hydrogen-bond acceptors (Lipinski definition) is 5. The number of nitrogens with zero attached hydrogens (tertiary/aromatic N) is 1. The number of esters is 1. The van der Waals surface area contributed by atoms with Gasteiger partial charge in [-0.1, -0.05) is 6.07 Å². The minimum absolute atomic E-state index is 0.00246. The van der Waals surface area contributed by atoms with E-state index in [1.807, 2.05) is 0 Å². The Bertz CT molecular complexity index is 750. The molecule has 1 aromatic heterocycles. The lowest BCUT2D eigenvalue weighted by Crippen LogP contribution is -2.42. The predicted octanol–water partition coefficient (Wildman–Crippen LogP) is 2.40. The monoisotopic (exact) mass is 316 g/mol. The summed E-state index contributed by atoms with van der Waals surface area (Å²) in [5.74, 6) is -0.939. The summed E-state index contributed by atoms with van der Waals surface area (Å²) in [6.45, 7) is 6.85. The van der Waals surface area contributed by atoms with Crippen molar-refractivity contribution in [3.05, 3.63) is 36.0 Å². The van der Waals surface area contributed by atoms with E-state index in [9.17, 15) is 14.7 Å². The highest BCUT2D eigenvalue weighted by molar-refractivity contribution is 6.08. The molecule has 0 aliphatic rings. The molecule has 1 amide bonds. The number of carbonyl (C=O) groups excluding carboxylic acids is 2. The van der Waals surface area contributed by atoms with Crippen LogP contribution in [0.1, 0.15) is 38.1 Å². The largest absolute Gasteiger partial charge is 0.506 e. The molecule has 2 rings (SSSR count). The number of rotatable bonds is 3. The summed E-state index contributed by atoms with van der Waals surface area (Å²) in [6.07, 6.45) is 1.53. The zero-order chi connectivity index (χ0) is 17.2. The summed E-state index contributed by atoms with van der Waals surface area (Å²) in [4.78, 5) is 28.4. The molecule has 0 saturated carbocycles. The number of ether oxygens (including phenoxy) is 1. The molecule has 0 spiro atoms. The van der Waals surface area contributed by atoms with Crippen LogP contribution >= 0.6 is 0 Å². The van der Waals surface area contributed by atoms with E-state index in [4.69, 9.17) is 4.74 Å². The van der Waals surface area contributed by atoms with Crippen molar-refractivity contribution in [2.45, 2.75) is 39.3 Å². The van der Waals surface area contributed by atoms with E-state index in [-0.39, 0.29) is 5.75 Å². The van der Waals surface area contributed by atoms with Crippen LogP contribution in [-0.4, -0.2) is 33.6 Å². The van der Waals surface area contributed by atoms with E-state index in [0.29, 0.717) is 16.5 Å². The van der Waals surface area contributed by atoms with Crippen LogP contribution in [0, 0.1) is 0 Å². The molecule has 0 bridgehead atoms. The van der Waals surface area contributed by atoms with Crippen LogP contribution in [-0.2, 0) is 9.53 Å². The Morgan fingerprint density at radius 3 is 2.61 bits per heavy atom. The molecule has 6 heteroatoms. The van der Waals surface area contributed by atoms with Gasteiger partial charge in [0.15, 0.2) is 0 Å². The van der Waals surface area contributed by atoms with Crippen LogP contribution in [0.15, 0.2) is 30.5 Å². The highest BCUT2D eigenvalue weighted by Crippen LogP contribution is 2.25. The fourth-order valence-electron chi connectivity index (χ4n) is 2.08. The minimum atomic E-state index is -0.790. The Balaban J connectivity index is 2.22. The van der Waals surface area contributed by atoms with E-state index < -0.39 is 23.5 Å². The molecule has 0 fully saturated rings. The lowest BCUT2D eigenvalue weighted by atomic mass is 10.1. The molecule has 0 aliphatic carbocycles. The van der Waals surface area contributed by atoms with Gasteiger partial charge in [-0.25, -0.2) is 4.79 Å². The van der Waals surface area contributed by atoms with Crippen LogP contribution in [0.4, 0.5) is 0 Å². The molecule has 0 saturated heterocycles. The fourth-order valence-corrected chi connectivity index (χ4v) is 2.08. The van der Waals surface area contributed by atoms with Gasteiger partial charge in [-0.05, 0) is 45.9 Å². The second kappa shape index (κ2) is 6.24. The smallest absolute Gasteiger partial charge is 0.328 e. The van der Waals surface area contributed by atoms with Gasteiger partial charge in [0.25, 0.3) is 5.91 Å². The van der Waals surface area contributed by atoms with Gasteiger partial charge in [0.1, 0.15) is 22.9 Å². The summed E-state index contributed by atoms with van der Waals surface area (Å²) in [5.41, 5.74) is 0.0528. The van der Waals surface area contributed by atoms with E-state index >= 15 is 0 Å². The summed E-state index contributed by atoms with van der Waals surface area (Å²) in [7, 11) is 0. The standard InChI is InChI=1S/C17H20N2O4/c1-10(16(22)23-17(2,3)4)19-15(21)12-7-8-13(20)14-11(12)6-5-9-18-14/h5-10,20H,1-4H3,(H,19,21)/t10-/m0/s1. The first-order valence-corrected chi connectivity index (χ1v) is 7.29. The summed E-state index contributed by atoms with van der Waals surface area (Å²) >= 11 is 0. The minimum Gasteiger partial charge on any atom is -0.506 e. The Morgan fingerprint density at radius 2 is 1.96 bits per heavy atom. The third kappa shape index (κ3) is 3.97. The molecule has 6 nitrogen and oxygen atoms in total. The fraction of sp³-hybridized carbons (Fsp3) is 0.353. The van der Waals surface area contributed by atoms with Gasteiger partial charge in [-0.2, -0.15) is 0 Å². The molecular formula is C17H20N2O4. The molecule has 122 valence electrons. The maximum absolute atomic E-state index is 12.4. The van der Waals surface area contributed by atoms with Gasteiger partial charge in [-0.3, -0.25) is 9.78 Å². The Hall–Kier alpha value is -2.63. The number of aromatic hydroxyl groups is 1. The van der Waals surface area contributed by atoms with E-state index in [0.717, 1.165) is 0 Å². The van der Waals surface area contributed by atoms with Gasteiger partial charge in [-0.15, -0.1) is 0 Å². The number of fused-ring (bicyclic) bond motifs is 1. The number of amides is 1. The molecule has 23 heavy (non-hydrogen) atoms. The van der Waals surface area contributed by atoms with Crippen LogP contribution in [0.5, 0.6) is 5.75 Å². The van der Waals surface area contributed by atoms with Crippen molar-refractivity contribution < 1.29 is 19.4 Å². The number of pyridine rings is 1. The molecule has 1 aromatic carbocycles. The van der Waals surface area contributed by atoms with Crippen molar-refractivity contribution in [1.82, 2.24) is 10.3 Å². The van der Waals surface area contributed by atoms with E-state index in [1.165, 1.54) is 18.3 Å². The third-order valence-electron chi connectivity index (χ3n) is 3.10. The first-order chi connectivity index (χ1) is 10.7. The predicted molar refractivity (Wildman–Crippen MR) is 86.2 cm³/mol. The molecule has 1 heterocycles. The van der Waals surface area contributed by atoms with Crippen molar-refractivity contribution in [3.63, 3.8) is 0 Å². The van der Waals surface area contributed by atoms with Crippen molar-refractivity contribution in [2.75, 3.05) is 0 Å². The number of nitrogens with one attached hydrogen (secondary N) is 1. The lowest BCUT2D eigenvalue weighted by Gasteiger charge is -2.22. The first-order valence-electron chi connectivity index (χ1n) is 7.29. The molecule has 2 N–H and O–H groups in total. The molecular weight excluding hydrogens is 296 g/mol. The number of aromatic nitrogens is 1. The third-order valence-corrected chi connectivity index (χ3v) is 3.10.